The average molecular weight is 441 g/mol. The molecule has 33 heavy (non-hydrogen) atoms. The maximum atomic E-state index is 12.8. The van der Waals surface area contributed by atoms with Gasteiger partial charge in [0.1, 0.15) is 18.2 Å². The van der Waals surface area contributed by atoms with Crippen LogP contribution < -0.4 is 15.6 Å². The summed E-state index contributed by atoms with van der Waals surface area (Å²) in [4.78, 5) is 36.7. The Hall–Kier alpha value is -4.26. The second-order valence-electron chi connectivity index (χ2n) is 7.72. The minimum absolute atomic E-state index is 0.104. The van der Waals surface area contributed by atoms with E-state index in [1.807, 2.05) is 55.5 Å². The zero-order valence-corrected chi connectivity index (χ0v) is 18.5. The molecule has 2 aromatic carbocycles. The van der Waals surface area contributed by atoms with Crippen molar-refractivity contribution in [1.29, 1.82) is 0 Å². The molecule has 0 radical (unpaired) electrons. The number of nitrogens with one attached hydrogen (secondary N) is 2. The van der Waals surface area contributed by atoms with Gasteiger partial charge >= 0.3 is 0 Å². The Morgan fingerprint density at radius 2 is 1.88 bits per heavy atom. The lowest BCUT2D eigenvalue weighted by atomic mass is 10.1. The molecular weight excluding hydrogens is 416 g/mol. The molecule has 2 aromatic heterocycles. The zero-order valence-electron chi connectivity index (χ0n) is 18.5. The number of ether oxygens (including phenoxy) is 1. The topological polar surface area (TPSA) is 97.0 Å². The highest BCUT2D eigenvalue weighted by atomic mass is 16.5. The third-order valence-electron chi connectivity index (χ3n) is 5.14. The van der Waals surface area contributed by atoms with E-state index in [1.165, 1.54) is 0 Å². The van der Waals surface area contributed by atoms with Crippen LogP contribution in [0.4, 0.5) is 5.69 Å². The first kappa shape index (κ1) is 22.0. The highest BCUT2D eigenvalue weighted by Crippen LogP contribution is 2.27. The maximum Gasteiger partial charge on any atom is 0.255 e. The van der Waals surface area contributed by atoms with Crippen LogP contribution in [0.15, 0.2) is 77.9 Å². The van der Waals surface area contributed by atoms with E-state index in [0.29, 0.717) is 40.7 Å². The van der Waals surface area contributed by atoms with Gasteiger partial charge in [0, 0.05) is 29.2 Å². The molecule has 0 aliphatic rings. The van der Waals surface area contributed by atoms with E-state index in [0.717, 1.165) is 11.1 Å². The minimum atomic E-state index is -0.346. The Kier molecular flexibility index (Phi) is 6.59. The fraction of sp³-hybridized carbons (Fsp3) is 0.154. The molecule has 1 amide bonds. The number of aromatic nitrogens is 3. The van der Waals surface area contributed by atoms with Crippen LogP contribution in [0.2, 0.25) is 0 Å². The Bertz CT molecular complexity index is 1320. The second kappa shape index (κ2) is 9.91. The number of carbonyl (C=O) groups excluding carboxylic acids is 1. The van der Waals surface area contributed by atoms with Crippen LogP contribution in [0.3, 0.4) is 0 Å². The number of hydrogen-bond donors (Lipinski definition) is 2. The average Bonchev–Trinajstić information content (AvgIpc) is 2.82. The highest BCUT2D eigenvalue weighted by Gasteiger charge is 2.15. The summed E-state index contributed by atoms with van der Waals surface area (Å²) < 4.78 is 5.97. The molecule has 0 unspecified atom stereocenters. The summed E-state index contributed by atoms with van der Waals surface area (Å²) >= 11 is 0. The quantitative estimate of drug-likeness (QED) is 0.449. The third-order valence-corrected chi connectivity index (χ3v) is 5.14. The molecule has 0 atom stereocenters. The van der Waals surface area contributed by atoms with Gasteiger partial charge in [-0.3, -0.25) is 14.6 Å². The van der Waals surface area contributed by atoms with Gasteiger partial charge in [-0.1, -0.05) is 36.4 Å². The van der Waals surface area contributed by atoms with Gasteiger partial charge in [0.2, 0.25) is 5.91 Å². The van der Waals surface area contributed by atoms with Crippen LogP contribution in [-0.4, -0.2) is 20.9 Å². The molecule has 2 heterocycles. The number of hydrogen-bond acceptors (Lipinski definition) is 5. The number of benzene rings is 2. The summed E-state index contributed by atoms with van der Waals surface area (Å²) in [6.07, 6.45) is 3.17. The van der Waals surface area contributed by atoms with Crippen molar-refractivity contribution in [2.45, 2.75) is 26.9 Å². The Balaban J connectivity index is 1.49. The summed E-state index contributed by atoms with van der Waals surface area (Å²) in [5, 5.41) is 2.87. The molecule has 0 bridgehead atoms. The molecule has 0 spiro atoms. The standard InChI is InChI=1S/C26H24N4O3/c1-17-10-11-22(23(13-17)33-16-19-7-4-3-5-8-19)29-24(31)14-21-18(2)28-25(30-26(21)32)20-9-6-12-27-15-20/h3-13,15H,14,16H2,1-2H3,(H,29,31)(H,28,30,32). The third kappa shape index (κ3) is 5.51. The normalized spacial score (nSPS) is 10.6. The maximum absolute atomic E-state index is 12.8. The predicted molar refractivity (Wildman–Crippen MR) is 127 cm³/mol. The van der Waals surface area contributed by atoms with Crippen LogP contribution in [0.25, 0.3) is 11.4 Å². The molecule has 0 fully saturated rings. The van der Waals surface area contributed by atoms with E-state index in [-0.39, 0.29) is 17.9 Å². The van der Waals surface area contributed by atoms with Gasteiger partial charge in [0.15, 0.2) is 0 Å². The lowest BCUT2D eigenvalue weighted by molar-refractivity contribution is -0.115. The van der Waals surface area contributed by atoms with Gasteiger partial charge in [-0.25, -0.2) is 4.98 Å². The molecular formula is C26H24N4O3. The first-order chi connectivity index (χ1) is 16.0. The predicted octanol–water partition coefficient (Wildman–Crippen LogP) is 4.21. The van der Waals surface area contributed by atoms with Crippen molar-refractivity contribution in [3.63, 3.8) is 0 Å². The molecule has 0 aliphatic heterocycles. The number of aromatic amines is 1. The molecule has 7 nitrogen and oxygen atoms in total. The van der Waals surface area contributed by atoms with Crippen LogP contribution in [0.5, 0.6) is 5.75 Å². The Morgan fingerprint density at radius 3 is 2.61 bits per heavy atom. The van der Waals surface area contributed by atoms with Crippen molar-refractivity contribution in [3.05, 3.63) is 106 Å². The highest BCUT2D eigenvalue weighted by molar-refractivity contribution is 5.93. The van der Waals surface area contributed by atoms with E-state index in [4.69, 9.17) is 4.74 Å². The number of amides is 1. The summed E-state index contributed by atoms with van der Waals surface area (Å²) in [5.41, 5.74) is 3.76. The molecule has 4 aromatic rings. The van der Waals surface area contributed by atoms with E-state index in [1.54, 1.807) is 31.5 Å². The summed E-state index contributed by atoms with van der Waals surface area (Å²) in [7, 11) is 0. The number of rotatable bonds is 7. The molecule has 0 aliphatic carbocycles. The van der Waals surface area contributed by atoms with Gasteiger partial charge < -0.3 is 15.0 Å². The number of anilines is 1. The smallest absolute Gasteiger partial charge is 0.255 e. The van der Waals surface area contributed by atoms with E-state index in [9.17, 15) is 9.59 Å². The van der Waals surface area contributed by atoms with Gasteiger partial charge in [0.05, 0.1) is 12.1 Å². The SMILES string of the molecule is Cc1ccc(NC(=O)Cc2c(C)nc(-c3cccnc3)[nH]c2=O)c(OCc2ccccc2)c1. The Labute approximate surface area is 191 Å². The monoisotopic (exact) mass is 440 g/mol. The van der Waals surface area contributed by atoms with Gasteiger partial charge in [-0.2, -0.15) is 0 Å². The van der Waals surface area contributed by atoms with E-state index in [2.05, 4.69) is 20.3 Å². The number of H-pyrrole nitrogens is 1. The molecule has 7 heteroatoms. The molecule has 4 rings (SSSR count). The lowest BCUT2D eigenvalue weighted by Gasteiger charge is -2.14. The number of pyridine rings is 1. The zero-order chi connectivity index (χ0) is 23.2. The number of aryl methyl sites for hydroxylation is 2. The van der Waals surface area contributed by atoms with Crippen molar-refractivity contribution in [2.75, 3.05) is 5.32 Å². The largest absolute Gasteiger partial charge is 0.487 e. The Morgan fingerprint density at radius 1 is 1.06 bits per heavy atom. The van der Waals surface area contributed by atoms with Gasteiger partial charge in [-0.05, 0) is 49.2 Å². The van der Waals surface area contributed by atoms with Crippen molar-refractivity contribution in [3.8, 4) is 17.1 Å². The van der Waals surface area contributed by atoms with Crippen LogP contribution in [0, 0.1) is 13.8 Å². The minimum Gasteiger partial charge on any atom is -0.487 e. The summed E-state index contributed by atoms with van der Waals surface area (Å²) in [6.45, 7) is 4.06. The second-order valence-corrected chi connectivity index (χ2v) is 7.72. The van der Waals surface area contributed by atoms with Crippen molar-refractivity contribution >= 4 is 11.6 Å². The first-order valence-electron chi connectivity index (χ1n) is 10.6. The van der Waals surface area contributed by atoms with Crippen LogP contribution >= 0.6 is 0 Å². The molecule has 166 valence electrons. The number of nitrogens with zero attached hydrogens (tertiary/aromatic N) is 2. The van der Waals surface area contributed by atoms with Crippen molar-refractivity contribution in [2.24, 2.45) is 0 Å². The van der Waals surface area contributed by atoms with Gasteiger partial charge in [-0.15, -0.1) is 0 Å². The summed E-state index contributed by atoms with van der Waals surface area (Å²) in [6, 6.07) is 19.0. The molecule has 2 N–H and O–H groups in total. The van der Waals surface area contributed by atoms with E-state index < -0.39 is 0 Å². The van der Waals surface area contributed by atoms with Gasteiger partial charge in [0.25, 0.3) is 5.56 Å². The molecule has 0 saturated heterocycles. The number of carbonyl (C=O) groups is 1. The molecule has 0 saturated carbocycles. The van der Waals surface area contributed by atoms with Crippen molar-refractivity contribution < 1.29 is 9.53 Å². The van der Waals surface area contributed by atoms with Crippen LogP contribution in [-0.2, 0) is 17.8 Å². The lowest BCUT2D eigenvalue weighted by Crippen LogP contribution is -2.24. The van der Waals surface area contributed by atoms with Crippen molar-refractivity contribution in [1.82, 2.24) is 15.0 Å². The first-order valence-corrected chi connectivity index (χ1v) is 10.6. The van der Waals surface area contributed by atoms with E-state index >= 15 is 0 Å². The van der Waals surface area contributed by atoms with Crippen LogP contribution in [0.1, 0.15) is 22.4 Å². The fourth-order valence-corrected chi connectivity index (χ4v) is 3.40. The fourth-order valence-electron chi connectivity index (χ4n) is 3.40. The summed E-state index contributed by atoms with van der Waals surface area (Å²) in [5.74, 6) is 0.667.